The molecule has 0 unspecified atom stereocenters. The van der Waals surface area contributed by atoms with Crippen LogP contribution in [0.25, 0.3) is 0 Å². The Morgan fingerprint density at radius 2 is 1.14 bits per heavy atom. The highest BCUT2D eigenvalue weighted by Gasteiger charge is 2.14. The third-order valence-corrected chi connectivity index (χ3v) is 4.75. The highest BCUT2D eigenvalue weighted by molar-refractivity contribution is 5.59. The Morgan fingerprint density at radius 1 is 0.773 bits per heavy atom. The van der Waals surface area contributed by atoms with E-state index in [9.17, 15) is 0 Å². The molecule has 0 radical (unpaired) electrons. The van der Waals surface area contributed by atoms with Crippen LogP contribution in [0.5, 0.6) is 0 Å². The van der Waals surface area contributed by atoms with Crippen LogP contribution in [0.15, 0.2) is 24.3 Å². The highest BCUT2D eigenvalue weighted by atomic mass is 14.6. The molecule has 118 valence electrons. The largest absolute Gasteiger partial charge is 0.398 e. The summed E-state index contributed by atoms with van der Waals surface area (Å²) < 4.78 is 0. The van der Waals surface area contributed by atoms with Crippen LogP contribution >= 0.6 is 0 Å². The fourth-order valence-corrected chi connectivity index (χ4v) is 3.08. The van der Waals surface area contributed by atoms with Crippen molar-refractivity contribution in [2.75, 3.05) is 11.5 Å². The van der Waals surface area contributed by atoms with Crippen molar-refractivity contribution in [2.45, 2.75) is 53.4 Å². The van der Waals surface area contributed by atoms with Gasteiger partial charge in [-0.2, -0.15) is 0 Å². The molecule has 0 aliphatic carbocycles. The summed E-state index contributed by atoms with van der Waals surface area (Å²) in [6.45, 7) is 10.8. The molecule has 0 aliphatic rings. The van der Waals surface area contributed by atoms with E-state index in [1.165, 1.54) is 33.4 Å². The first-order chi connectivity index (χ1) is 10.4. The molecule has 2 nitrogen and oxygen atoms in total. The molecule has 0 saturated heterocycles. The van der Waals surface area contributed by atoms with Gasteiger partial charge in [0.15, 0.2) is 0 Å². The topological polar surface area (TPSA) is 52.0 Å². The van der Waals surface area contributed by atoms with Gasteiger partial charge in [-0.25, -0.2) is 0 Å². The maximum atomic E-state index is 6.17. The molecule has 2 heteroatoms. The first-order valence-electron chi connectivity index (χ1n) is 8.16. The second kappa shape index (κ2) is 6.43. The zero-order valence-corrected chi connectivity index (χ0v) is 14.5. The minimum Gasteiger partial charge on any atom is -0.398 e. The van der Waals surface area contributed by atoms with Crippen molar-refractivity contribution in [3.63, 3.8) is 0 Å². The molecule has 0 fully saturated rings. The molecular weight excluding hydrogens is 268 g/mol. The Balaban J connectivity index is 2.50. The maximum absolute atomic E-state index is 6.17. The highest BCUT2D eigenvalue weighted by Crippen LogP contribution is 2.32. The van der Waals surface area contributed by atoms with E-state index >= 15 is 0 Å². The molecule has 0 atom stereocenters. The average Bonchev–Trinajstić information content (AvgIpc) is 2.51. The van der Waals surface area contributed by atoms with Crippen LogP contribution in [-0.2, 0) is 12.8 Å². The van der Waals surface area contributed by atoms with Crippen LogP contribution in [0.1, 0.15) is 60.1 Å². The number of nitrogen functional groups attached to an aromatic ring is 2. The van der Waals surface area contributed by atoms with E-state index in [4.69, 9.17) is 11.5 Å². The van der Waals surface area contributed by atoms with Gasteiger partial charge in [-0.3, -0.25) is 0 Å². The van der Waals surface area contributed by atoms with Crippen molar-refractivity contribution in [1.29, 1.82) is 0 Å². The lowest BCUT2D eigenvalue weighted by Crippen LogP contribution is -2.05. The summed E-state index contributed by atoms with van der Waals surface area (Å²) in [7, 11) is 0. The number of hydrogen-bond acceptors (Lipinski definition) is 2. The number of aryl methyl sites for hydroxylation is 4. The first kappa shape index (κ1) is 16.4. The SMILES string of the molecule is CCc1cc(C(C)c2cc(C)c(N)c(CC)c2)cc(C)c1N. The number of anilines is 2. The molecular formula is C20H28N2. The fraction of sp³-hybridized carbons (Fsp3) is 0.400. The Labute approximate surface area is 134 Å². The van der Waals surface area contributed by atoms with Crippen molar-refractivity contribution in [2.24, 2.45) is 0 Å². The predicted molar refractivity (Wildman–Crippen MR) is 97.5 cm³/mol. The van der Waals surface area contributed by atoms with Gasteiger partial charge in [0.05, 0.1) is 0 Å². The van der Waals surface area contributed by atoms with Crippen LogP contribution < -0.4 is 11.5 Å². The van der Waals surface area contributed by atoms with E-state index in [1.807, 2.05) is 0 Å². The lowest BCUT2D eigenvalue weighted by Gasteiger charge is -2.19. The maximum Gasteiger partial charge on any atom is 0.0376 e. The molecule has 0 spiro atoms. The summed E-state index contributed by atoms with van der Waals surface area (Å²) in [5.41, 5.74) is 21.7. The standard InChI is InChI=1S/C20H28N2/c1-6-15-10-17(8-12(3)19(15)21)14(5)18-9-13(4)20(22)16(7-2)11-18/h8-11,14H,6-7,21-22H2,1-5H3. The monoisotopic (exact) mass is 296 g/mol. The van der Waals surface area contributed by atoms with Crippen LogP contribution in [0.4, 0.5) is 11.4 Å². The van der Waals surface area contributed by atoms with Gasteiger partial charge in [-0.1, -0.05) is 45.0 Å². The van der Waals surface area contributed by atoms with Crippen molar-refractivity contribution < 1.29 is 0 Å². The smallest absolute Gasteiger partial charge is 0.0376 e. The van der Waals surface area contributed by atoms with E-state index < -0.39 is 0 Å². The van der Waals surface area contributed by atoms with Crippen molar-refractivity contribution in [3.05, 3.63) is 57.6 Å². The molecule has 0 bridgehead atoms. The molecule has 2 aromatic rings. The fourth-order valence-electron chi connectivity index (χ4n) is 3.08. The van der Waals surface area contributed by atoms with Gasteiger partial charge in [0, 0.05) is 17.3 Å². The summed E-state index contributed by atoms with van der Waals surface area (Å²) in [6, 6.07) is 8.95. The van der Waals surface area contributed by atoms with Gasteiger partial charge in [0.2, 0.25) is 0 Å². The molecule has 22 heavy (non-hydrogen) atoms. The van der Waals surface area contributed by atoms with E-state index in [0.717, 1.165) is 24.2 Å². The molecule has 0 aliphatic heterocycles. The van der Waals surface area contributed by atoms with Gasteiger partial charge in [0.1, 0.15) is 0 Å². The molecule has 2 rings (SSSR count). The summed E-state index contributed by atoms with van der Waals surface area (Å²) in [4.78, 5) is 0. The minimum absolute atomic E-state index is 0.342. The van der Waals surface area contributed by atoms with E-state index in [0.29, 0.717) is 5.92 Å². The van der Waals surface area contributed by atoms with E-state index in [2.05, 4.69) is 58.9 Å². The predicted octanol–water partition coefficient (Wildman–Crippen LogP) is 4.74. The summed E-state index contributed by atoms with van der Waals surface area (Å²) in [5.74, 6) is 0.342. The second-order valence-electron chi connectivity index (χ2n) is 6.25. The number of nitrogens with two attached hydrogens (primary N) is 2. The normalized spacial score (nSPS) is 11.2. The minimum atomic E-state index is 0.342. The van der Waals surface area contributed by atoms with E-state index in [1.54, 1.807) is 0 Å². The van der Waals surface area contributed by atoms with Gasteiger partial charge in [0.25, 0.3) is 0 Å². The molecule has 0 saturated carbocycles. The van der Waals surface area contributed by atoms with Crippen LogP contribution in [0.3, 0.4) is 0 Å². The van der Waals surface area contributed by atoms with E-state index in [-0.39, 0.29) is 0 Å². The zero-order chi connectivity index (χ0) is 16.4. The zero-order valence-electron chi connectivity index (χ0n) is 14.5. The summed E-state index contributed by atoms with van der Waals surface area (Å²) in [6.07, 6.45) is 1.93. The number of rotatable bonds is 4. The third kappa shape index (κ3) is 2.96. The first-order valence-corrected chi connectivity index (χ1v) is 8.16. The van der Waals surface area contributed by atoms with Crippen molar-refractivity contribution in [3.8, 4) is 0 Å². The van der Waals surface area contributed by atoms with Gasteiger partial charge >= 0.3 is 0 Å². The van der Waals surface area contributed by atoms with Crippen molar-refractivity contribution in [1.82, 2.24) is 0 Å². The quantitative estimate of drug-likeness (QED) is 0.800. The Kier molecular flexibility index (Phi) is 4.80. The average molecular weight is 296 g/mol. The number of hydrogen-bond donors (Lipinski definition) is 2. The Bertz CT molecular complexity index is 627. The third-order valence-electron chi connectivity index (χ3n) is 4.75. The molecule has 2 aromatic carbocycles. The molecule has 0 amide bonds. The van der Waals surface area contributed by atoms with Gasteiger partial charge in [-0.05, 0) is 60.1 Å². The van der Waals surface area contributed by atoms with Gasteiger partial charge < -0.3 is 11.5 Å². The lowest BCUT2D eigenvalue weighted by molar-refractivity contribution is 0.906. The molecule has 0 heterocycles. The van der Waals surface area contributed by atoms with Crippen LogP contribution in [0, 0.1) is 13.8 Å². The van der Waals surface area contributed by atoms with Gasteiger partial charge in [-0.15, -0.1) is 0 Å². The second-order valence-corrected chi connectivity index (χ2v) is 6.25. The molecule has 4 N–H and O–H groups in total. The molecule has 0 aromatic heterocycles. The van der Waals surface area contributed by atoms with Crippen LogP contribution in [-0.4, -0.2) is 0 Å². The van der Waals surface area contributed by atoms with Crippen LogP contribution in [0.2, 0.25) is 0 Å². The lowest BCUT2D eigenvalue weighted by atomic mass is 9.87. The summed E-state index contributed by atoms with van der Waals surface area (Å²) >= 11 is 0. The Hall–Kier alpha value is -1.96. The Morgan fingerprint density at radius 3 is 1.45 bits per heavy atom. The van der Waals surface area contributed by atoms with Crippen molar-refractivity contribution >= 4 is 11.4 Å². The summed E-state index contributed by atoms with van der Waals surface area (Å²) in [5, 5.41) is 0. The number of benzene rings is 2.